The van der Waals surface area contributed by atoms with Gasteiger partial charge in [-0.3, -0.25) is 4.79 Å². The largest absolute Gasteiger partial charge is 0.492 e. The Kier molecular flexibility index (Phi) is 4.08. The predicted octanol–water partition coefficient (Wildman–Crippen LogP) is 0.929. The summed E-state index contributed by atoms with van der Waals surface area (Å²) in [4.78, 5) is 11.5. The maximum Gasteiger partial charge on any atom is 0.272 e. The fourth-order valence-electron chi connectivity index (χ4n) is 1.29. The summed E-state index contributed by atoms with van der Waals surface area (Å²) >= 11 is 1.14. The Hall–Kier alpha value is -2.15. The van der Waals surface area contributed by atoms with Crippen molar-refractivity contribution in [2.45, 2.75) is 0 Å². The number of nitrogen functional groups attached to an aromatic ring is 1. The molecule has 18 heavy (non-hydrogen) atoms. The van der Waals surface area contributed by atoms with Gasteiger partial charge in [-0.2, -0.15) is 0 Å². The number of hydrogen-bond acceptors (Lipinski definition) is 6. The summed E-state index contributed by atoms with van der Waals surface area (Å²) in [5.41, 5.74) is 6.58. The number of carbonyl (C=O) groups is 1. The van der Waals surface area contributed by atoms with Gasteiger partial charge in [0.1, 0.15) is 12.4 Å². The molecule has 94 valence electrons. The maximum absolute atomic E-state index is 11.5. The van der Waals surface area contributed by atoms with Crippen LogP contribution in [0.5, 0.6) is 5.75 Å². The van der Waals surface area contributed by atoms with Gasteiger partial charge in [0.25, 0.3) is 5.91 Å². The second kappa shape index (κ2) is 5.97. The van der Waals surface area contributed by atoms with Crippen molar-refractivity contribution < 1.29 is 9.53 Å². The summed E-state index contributed by atoms with van der Waals surface area (Å²) in [5, 5.41) is 7.93. The first-order valence-electron chi connectivity index (χ1n) is 5.29. The number of anilines is 1. The van der Waals surface area contributed by atoms with Crippen LogP contribution in [0.1, 0.15) is 10.5 Å². The number of rotatable bonds is 5. The molecule has 1 amide bonds. The highest BCUT2D eigenvalue weighted by Crippen LogP contribution is 2.13. The molecule has 0 bridgehead atoms. The van der Waals surface area contributed by atoms with E-state index in [-0.39, 0.29) is 5.91 Å². The van der Waals surface area contributed by atoms with Crippen LogP contribution in [0.4, 0.5) is 5.69 Å². The van der Waals surface area contributed by atoms with Crippen LogP contribution in [0.3, 0.4) is 0 Å². The van der Waals surface area contributed by atoms with Gasteiger partial charge in [0.05, 0.1) is 6.54 Å². The lowest BCUT2D eigenvalue weighted by Crippen LogP contribution is -2.28. The van der Waals surface area contributed by atoms with Crippen LogP contribution in [0.25, 0.3) is 0 Å². The van der Waals surface area contributed by atoms with Gasteiger partial charge in [-0.25, -0.2) is 0 Å². The minimum atomic E-state index is -0.250. The number of ether oxygens (including phenoxy) is 1. The molecule has 0 saturated carbocycles. The van der Waals surface area contributed by atoms with E-state index in [9.17, 15) is 4.79 Å². The molecule has 2 rings (SSSR count). The zero-order chi connectivity index (χ0) is 12.8. The third kappa shape index (κ3) is 3.42. The molecule has 0 radical (unpaired) electrons. The normalized spacial score (nSPS) is 10.0. The van der Waals surface area contributed by atoms with Crippen molar-refractivity contribution in [2.75, 3.05) is 18.9 Å². The van der Waals surface area contributed by atoms with Crippen molar-refractivity contribution in [2.24, 2.45) is 0 Å². The fourth-order valence-corrected chi connectivity index (χ4v) is 1.73. The molecule has 7 heteroatoms. The van der Waals surface area contributed by atoms with Crippen molar-refractivity contribution >= 4 is 23.1 Å². The second-order valence-corrected chi connectivity index (χ2v) is 4.08. The second-order valence-electron chi connectivity index (χ2n) is 3.47. The number of hydrogen-bond donors (Lipinski definition) is 2. The summed E-state index contributed by atoms with van der Waals surface area (Å²) < 4.78 is 9.04. The Morgan fingerprint density at radius 3 is 3.11 bits per heavy atom. The van der Waals surface area contributed by atoms with Crippen LogP contribution >= 0.6 is 11.5 Å². The van der Waals surface area contributed by atoms with E-state index in [0.29, 0.717) is 30.3 Å². The number of amides is 1. The van der Waals surface area contributed by atoms with Crippen molar-refractivity contribution in [3.8, 4) is 5.75 Å². The fraction of sp³-hybridized carbons (Fsp3) is 0.182. The van der Waals surface area contributed by atoms with Crippen molar-refractivity contribution in [3.63, 3.8) is 0 Å². The standard InChI is InChI=1S/C11H12N4O2S/c12-8-2-1-3-9(6-8)17-5-4-13-11(16)10-7-18-15-14-10/h1-3,6-7H,4-5,12H2,(H,13,16). The van der Waals surface area contributed by atoms with Gasteiger partial charge in [0.15, 0.2) is 5.69 Å². The number of nitrogens with two attached hydrogens (primary N) is 1. The summed E-state index contributed by atoms with van der Waals surface area (Å²) in [6, 6.07) is 7.13. The number of carbonyl (C=O) groups excluding carboxylic acids is 1. The first-order valence-corrected chi connectivity index (χ1v) is 6.13. The van der Waals surface area contributed by atoms with Gasteiger partial charge in [0, 0.05) is 17.1 Å². The maximum atomic E-state index is 11.5. The predicted molar refractivity (Wildman–Crippen MR) is 68.6 cm³/mol. The van der Waals surface area contributed by atoms with Crippen LogP contribution in [0.15, 0.2) is 29.6 Å². The first kappa shape index (κ1) is 12.3. The molecule has 0 aliphatic heterocycles. The third-order valence-electron chi connectivity index (χ3n) is 2.11. The lowest BCUT2D eigenvalue weighted by Gasteiger charge is -2.07. The smallest absolute Gasteiger partial charge is 0.272 e. The Morgan fingerprint density at radius 2 is 2.39 bits per heavy atom. The average Bonchev–Trinajstić information content (AvgIpc) is 2.88. The van der Waals surface area contributed by atoms with E-state index in [1.807, 2.05) is 12.1 Å². The molecule has 0 fully saturated rings. The molecule has 0 aliphatic carbocycles. The Labute approximate surface area is 108 Å². The van der Waals surface area contributed by atoms with Crippen LogP contribution in [-0.4, -0.2) is 28.6 Å². The summed E-state index contributed by atoms with van der Waals surface area (Å²) in [7, 11) is 0. The van der Waals surface area contributed by atoms with Crippen molar-refractivity contribution in [1.82, 2.24) is 14.9 Å². The van der Waals surface area contributed by atoms with Crippen LogP contribution in [0.2, 0.25) is 0 Å². The Bertz CT molecular complexity index is 516. The molecule has 1 aromatic heterocycles. The van der Waals surface area contributed by atoms with E-state index in [1.165, 1.54) is 0 Å². The number of nitrogens with one attached hydrogen (secondary N) is 1. The molecule has 6 nitrogen and oxygen atoms in total. The number of aromatic nitrogens is 2. The van der Waals surface area contributed by atoms with Crippen molar-refractivity contribution in [1.29, 1.82) is 0 Å². The molecular formula is C11H12N4O2S. The van der Waals surface area contributed by atoms with Crippen molar-refractivity contribution in [3.05, 3.63) is 35.3 Å². The van der Waals surface area contributed by atoms with E-state index >= 15 is 0 Å². The molecule has 0 aliphatic rings. The Morgan fingerprint density at radius 1 is 1.50 bits per heavy atom. The lowest BCUT2D eigenvalue weighted by atomic mass is 10.3. The van der Waals surface area contributed by atoms with Gasteiger partial charge in [-0.15, -0.1) is 5.10 Å². The first-order chi connectivity index (χ1) is 8.75. The minimum absolute atomic E-state index is 0.250. The average molecular weight is 264 g/mol. The van der Waals surface area contributed by atoms with Crippen LogP contribution in [-0.2, 0) is 0 Å². The quantitative estimate of drug-likeness (QED) is 0.619. The van der Waals surface area contributed by atoms with E-state index in [0.717, 1.165) is 11.5 Å². The van der Waals surface area contributed by atoms with Crippen LogP contribution < -0.4 is 15.8 Å². The highest BCUT2D eigenvalue weighted by molar-refractivity contribution is 7.03. The minimum Gasteiger partial charge on any atom is -0.492 e. The zero-order valence-corrected chi connectivity index (χ0v) is 10.3. The molecule has 0 saturated heterocycles. The number of benzene rings is 1. The molecule has 0 atom stereocenters. The van der Waals surface area contributed by atoms with Gasteiger partial charge in [-0.05, 0) is 23.7 Å². The van der Waals surface area contributed by atoms with Gasteiger partial charge < -0.3 is 15.8 Å². The van der Waals surface area contributed by atoms with E-state index in [4.69, 9.17) is 10.5 Å². The topological polar surface area (TPSA) is 90.1 Å². The van der Waals surface area contributed by atoms with E-state index in [2.05, 4.69) is 14.9 Å². The highest BCUT2D eigenvalue weighted by Gasteiger charge is 2.07. The molecule has 0 spiro atoms. The monoisotopic (exact) mass is 264 g/mol. The van der Waals surface area contributed by atoms with E-state index < -0.39 is 0 Å². The third-order valence-corrected chi connectivity index (χ3v) is 2.61. The molecule has 2 aromatic rings. The lowest BCUT2D eigenvalue weighted by molar-refractivity contribution is 0.0942. The molecule has 1 heterocycles. The SMILES string of the molecule is Nc1cccc(OCCNC(=O)c2csnn2)c1. The summed E-state index contributed by atoms with van der Waals surface area (Å²) in [6.07, 6.45) is 0. The van der Waals surface area contributed by atoms with Crippen LogP contribution in [0, 0.1) is 0 Å². The van der Waals surface area contributed by atoms with Gasteiger partial charge >= 0.3 is 0 Å². The molecular weight excluding hydrogens is 252 g/mol. The molecule has 3 N–H and O–H groups in total. The Balaban J connectivity index is 1.72. The van der Waals surface area contributed by atoms with Gasteiger partial charge in [0.2, 0.25) is 0 Å². The molecule has 1 aromatic carbocycles. The number of nitrogens with zero attached hydrogens (tertiary/aromatic N) is 2. The highest BCUT2D eigenvalue weighted by atomic mass is 32.1. The summed E-state index contributed by atoms with van der Waals surface area (Å²) in [5.74, 6) is 0.430. The van der Waals surface area contributed by atoms with E-state index in [1.54, 1.807) is 17.5 Å². The zero-order valence-electron chi connectivity index (χ0n) is 9.50. The summed E-state index contributed by atoms with van der Waals surface area (Å²) in [6.45, 7) is 0.762. The molecule has 0 unspecified atom stereocenters. The van der Waals surface area contributed by atoms with Gasteiger partial charge in [-0.1, -0.05) is 10.6 Å².